The molecule has 1 aliphatic carbocycles. The van der Waals surface area contributed by atoms with Crippen molar-refractivity contribution in [1.82, 2.24) is 29.7 Å². The van der Waals surface area contributed by atoms with Gasteiger partial charge in [0.15, 0.2) is 5.82 Å². The predicted octanol–water partition coefficient (Wildman–Crippen LogP) is 2.78. The van der Waals surface area contributed by atoms with Gasteiger partial charge < -0.3 is 24.2 Å². The Hall–Kier alpha value is -3.81. The third kappa shape index (κ3) is 6.16. The Bertz CT molecular complexity index is 1190. The summed E-state index contributed by atoms with van der Waals surface area (Å²) in [5.41, 5.74) is 0. The van der Waals surface area contributed by atoms with Crippen molar-refractivity contribution >= 4 is 29.7 Å². The number of hydrogen-bond acceptors (Lipinski definition) is 10. The summed E-state index contributed by atoms with van der Waals surface area (Å²) in [6, 6.07) is 0.796. The highest BCUT2D eigenvalue weighted by atomic mass is 19.1. The van der Waals surface area contributed by atoms with Crippen LogP contribution in [0.15, 0.2) is 24.7 Å². The van der Waals surface area contributed by atoms with E-state index in [9.17, 15) is 14.0 Å². The van der Waals surface area contributed by atoms with Crippen molar-refractivity contribution in [2.24, 2.45) is 5.92 Å². The molecule has 5 rings (SSSR count). The fraction of sp³-hybridized carbons (Fsp3) is 0.615. The molecular weight excluding hydrogens is 521 g/mol. The van der Waals surface area contributed by atoms with Crippen LogP contribution in [0.5, 0.6) is 5.88 Å². The van der Waals surface area contributed by atoms with Gasteiger partial charge in [-0.15, -0.1) is 0 Å². The zero-order chi connectivity index (χ0) is 28.2. The number of anilines is 3. The van der Waals surface area contributed by atoms with Crippen molar-refractivity contribution in [3.63, 3.8) is 0 Å². The topological polar surface area (TPSA) is 138 Å². The first kappa shape index (κ1) is 27.7. The number of fused-ring (bicyclic) bond motifs is 2. The number of halogens is 1. The molecule has 13 nitrogen and oxygen atoms in total. The monoisotopic (exact) mass is 557 g/mol. The van der Waals surface area contributed by atoms with Crippen LogP contribution in [0.3, 0.4) is 0 Å². The Morgan fingerprint density at radius 3 is 2.67 bits per heavy atom. The van der Waals surface area contributed by atoms with E-state index in [2.05, 4.69) is 42.4 Å². The number of likely N-dealkylation sites (tertiary alicyclic amines) is 1. The summed E-state index contributed by atoms with van der Waals surface area (Å²) in [6.45, 7) is 6.95. The molecule has 14 heteroatoms. The number of carbonyl (C=O) groups is 2. The van der Waals surface area contributed by atoms with E-state index in [4.69, 9.17) is 9.47 Å². The number of amides is 3. The Labute approximate surface area is 232 Å². The Morgan fingerprint density at radius 2 is 1.98 bits per heavy atom. The van der Waals surface area contributed by atoms with Crippen LogP contribution in [0.4, 0.5) is 31.6 Å². The minimum atomic E-state index is -1.24. The molecule has 0 spiro atoms. The van der Waals surface area contributed by atoms with Gasteiger partial charge in [0.2, 0.25) is 11.8 Å². The molecule has 2 aliphatic heterocycles. The van der Waals surface area contributed by atoms with Gasteiger partial charge in [0.05, 0.1) is 25.0 Å². The van der Waals surface area contributed by atoms with Crippen molar-refractivity contribution in [2.45, 2.75) is 57.5 Å². The molecule has 2 saturated heterocycles. The van der Waals surface area contributed by atoms with E-state index in [-0.39, 0.29) is 24.9 Å². The van der Waals surface area contributed by atoms with Crippen molar-refractivity contribution < 1.29 is 23.5 Å². The third-order valence-electron chi connectivity index (χ3n) is 7.88. The average molecular weight is 558 g/mol. The van der Waals surface area contributed by atoms with Crippen molar-refractivity contribution in [1.29, 1.82) is 0 Å². The lowest BCUT2D eigenvalue weighted by atomic mass is 10.0. The van der Waals surface area contributed by atoms with Crippen LogP contribution in [0.25, 0.3) is 0 Å². The van der Waals surface area contributed by atoms with E-state index >= 15 is 0 Å². The van der Waals surface area contributed by atoms with E-state index in [1.807, 2.05) is 6.92 Å². The molecule has 216 valence electrons. The van der Waals surface area contributed by atoms with Gasteiger partial charge in [-0.05, 0) is 32.4 Å². The molecule has 2 bridgehead atoms. The second-order valence-electron chi connectivity index (χ2n) is 10.3. The smallest absolute Gasteiger partial charge is 0.413 e. The molecule has 0 radical (unpaired) electrons. The zero-order valence-electron chi connectivity index (χ0n) is 23.0. The number of ether oxygens (including phenoxy) is 2. The molecule has 0 aromatic carbocycles. The van der Waals surface area contributed by atoms with E-state index in [0.29, 0.717) is 42.8 Å². The summed E-state index contributed by atoms with van der Waals surface area (Å²) in [7, 11) is 1.53. The third-order valence-corrected chi connectivity index (χ3v) is 7.88. The van der Waals surface area contributed by atoms with Gasteiger partial charge in [-0.3, -0.25) is 10.6 Å². The molecule has 2 N–H and O–H groups in total. The van der Waals surface area contributed by atoms with Gasteiger partial charge in [-0.1, -0.05) is 6.92 Å². The maximum Gasteiger partial charge on any atom is 0.413 e. The van der Waals surface area contributed by atoms with Gasteiger partial charge in [-0.2, -0.15) is 4.98 Å². The van der Waals surface area contributed by atoms with Crippen LogP contribution in [-0.2, 0) is 4.74 Å². The molecule has 40 heavy (non-hydrogen) atoms. The van der Waals surface area contributed by atoms with Crippen LogP contribution in [-0.4, -0.2) is 106 Å². The second-order valence-corrected chi connectivity index (χ2v) is 10.3. The van der Waals surface area contributed by atoms with Gasteiger partial charge in [0.25, 0.3) is 0 Å². The SMILES string of the molecule is CCOc1cnc(NC(=O)N(C)[C@H]2CN(c3nccc(NC(=O)O[C@@H]4C[C@@H]5C[C@H]4CN5CC)n3)CC[C@H]2F)cn1. The fourth-order valence-electron chi connectivity index (χ4n) is 5.77. The molecular formula is C26H36FN9O4. The summed E-state index contributed by atoms with van der Waals surface area (Å²) >= 11 is 0. The molecule has 4 heterocycles. The molecule has 2 aromatic rings. The average Bonchev–Trinajstić information content (AvgIpc) is 3.54. The van der Waals surface area contributed by atoms with Gasteiger partial charge in [0.1, 0.15) is 18.1 Å². The first-order valence-electron chi connectivity index (χ1n) is 13.8. The lowest BCUT2D eigenvalue weighted by Gasteiger charge is -2.39. The lowest BCUT2D eigenvalue weighted by Crippen LogP contribution is -2.55. The van der Waals surface area contributed by atoms with Gasteiger partial charge in [0, 0.05) is 51.3 Å². The summed E-state index contributed by atoms with van der Waals surface area (Å²) in [4.78, 5) is 48.0. The number of carbonyl (C=O) groups excluding carboxylic acids is 2. The van der Waals surface area contributed by atoms with Crippen LogP contribution in [0, 0.1) is 5.92 Å². The maximum absolute atomic E-state index is 15.0. The Kier molecular flexibility index (Phi) is 8.43. The second kappa shape index (κ2) is 12.1. The van der Waals surface area contributed by atoms with E-state index in [0.717, 1.165) is 25.9 Å². The number of rotatable bonds is 8. The first-order chi connectivity index (χ1) is 19.3. The molecule has 5 atom stereocenters. The molecule has 0 unspecified atom stereocenters. The minimum absolute atomic E-state index is 0.0891. The first-order valence-corrected chi connectivity index (χ1v) is 13.8. The predicted molar refractivity (Wildman–Crippen MR) is 145 cm³/mol. The van der Waals surface area contributed by atoms with Crippen LogP contribution in [0.1, 0.15) is 33.1 Å². The van der Waals surface area contributed by atoms with Crippen LogP contribution >= 0.6 is 0 Å². The van der Waals surface area contributed by atoms with Crippen molar-refractivity contribution in [3.05, 3.63) is 24.7 Å². The number of likely N-dealkylation sites (N-methyl/N-ethyl adjacent to an activating group) is 1. The van der Waals surface area contributed by atoms with Crippen LogP contribution in [0.2, 0.25) is 0 Å². The number of hydrogen-bond donors (Lipinski definition) is 2. The minimum Gasteiger partial charge on any atom is -0.477 e. The zero-order valence-corrected chi connectivity index (χ0v) is 23.0. The number of alkyl halides is 1. The number of piperidine rings is 2. The standard InChI is InChI=1S/C26H36FN9O4/c1-4-35-14-16-10-17(35)11-20(16)40-26(38)33-21-6-8-28-24(31-21)36-9-7-18(27)19(15-36)34(3)25(37)32-22-12-30-23(13-29-22)39-5-2/h6,8,12-13,16-20H,4-5,7,9-11,14-15H2,1-3H3,(H,29,32,37)(H,28,31,33,38)/t16-,17-,18+,19-,20+/m0/s1. The largest absolute Gasteiger partial charge is 0.477 e. The summed E-state index contributed by atoms with van der Waals surface area (Å²) in [6.07, 6.45) is 4.56. The number of nitrogens with zero attached hydrogens (tertiary/aromatic N) is 7. The molecule has 3 aliphatic rings. The Balaban J connectivity index is 1.16. The highest BCUT2D eigenvalue weighted by Crippen LogP contribution is 2.39. The Morgan fingerprint density at radius 1 is 1.12 bits per heavy atom. The summed E-state index contributed by atoms with van der Waals surface area (Å²) in [5.74, 6) is 1.57. The number of urea groups is 1. The quantitative estimate of drug-likeness (QED) is 0.498. The summed E-state index contributed by atoms with van der Waals surface area (Å²) < 4.78 is 25.9. The fourth-order valence-corrected chi connectivity index (χ4v) is 5.77. The molecule has 3 fully saturated rings. The summed E-state index contributed by atoms with van der Waals surface area (Å²) in [5, 5.41) is 5.35. The van der Waals surface area contributed by atoms with Crippen molar-refractivity contribution in [2.75, 3.05) is 55.4 Å². The van der Waals surface area contributed by atoms with E-state index in [1.165, 1.54) is 30.5 Å². The van der Waals surface area contributed by atoms with Crippen LogP contribution < -0.4 is 20.3 Å². The van der Waals surface area contributed by atoms with E-state index in [1.54, 1.807) is 11.0 Å². The highest BCUT2D eigenvalue weighted by molar-refractivity contribution is 5.88. The lowest BCUT2D eigenvalue weighted by molar-refractivity contribution is 0.0535. The molecule has 3 amide bonds. The van der Waals surface area contributed by atoms with Gasteiger partial charge >= 0.3 is 12.1 Å². The number of nitrogens with one attached hydrogen (secondary N) is 2. The van der Waals surface area contributed by atoms with Crippen molar-refractivity contribution in [3.8, 4) is 5.88 Å². The molecule has 1 saturated carbocycles. The maximum atomic E-state index is 15.0. The highest BCUT2D eigenvalue weighted by Gasteiger charge is 2.45. The van der Waals surface area contributed by atoms with E-state index < -0.39 is 24.3 Å². The molecule has 2 aromatic heterocycles. The van der Waals surface area contributed by atoms with Gasteiger partial charge in [-0.25, -0.2) is 28.9 Å². The number of aromatic nitrogens is 4. The normalized spacial score (nSPS) is 25.9.